The Morgan fingerprint density at radius 3 is 2.00 bits per heavy atom. The highest BCUT2D eigenvalue weighted by atomic mass is 14.8. The van der Waals surface area contributed by atoms with Gasteiger partial charge in [-0.05, 0) is 23.7 Å². The van der Waals surface area contributed by atoms with E-state index in [0.29, 0.717) is 11.5 Å². The van der Waals surface area contributed by atoms with E-state index in [0.717, 1.165) is 11.8 Å². The van der Waals surface area contributed by atoms with E-state index in [-0.39, 0.29) is 0 Å². The number of rotatable bonds is 2. The summed E-state index contributed by atoms with van der Waals surface area (Å²) in [5.74, 6) is 1.82. The highest BCUT2D eigenvalue weighted by Crippen LogP contribution is 2.54. The van der Waals surface area contributed by atoms with Gasteiger partial charge < -0.3 is 5.73 Å². The lowest BCUT2D eigenvalue weighted by Crippen LogP contribution is -2.07. The molecular formula is C13H25N. The number of hydrogen-bond acceptors (Lipinski definition) is 1. The summed E-state index contributed by atoms with van der Waals surface area (Å²) < 4.78 is 0. The second kappa shape index (κ2) is 3.84. The van der Waals surface area contributed by atoms with E-state index < -0.39 is 0 Å². The third kappa shape index (κ3) is 1.98. The Balaban J connectivity index is 1.80. The quantitative estimate of drug-likeness (QED) is 0.672. The number of hydrogen-bond donors (Lipinski definition) is 1. The molecule has 2 atom stereocenters. The Labute approximate surface area is 88.4 Å². The average Bonchev–Trinajstić information content (AvgIpc) is 2.73. The molecule has 0 heterocycles. The van der Waals surface area contributed by atoms with E-state index in [4.69, 9.17) is 5.73 Å². The summed E-state index contributed by atoms with van der Waals surface area (Å²) in [7, 11) is 0. The van der Waals surface area contributed by atoms with Gasteiger partial charge in [0.15, 0.2) is 0 Å². The lowest BCUT2D eigenvalue weighted by atomic mass is 9.92. The summed E-state index contributed by atoms with van der Waals surface area (Å²) in [6.45, 7) is 4.66. The van der Waals surface area contributed by atoms with Crippen LogP contribution in [0.15, 0.2) is 0 Å². The first kappa shape index (κ1) is 10.5. The van der Waals surface area contributed by atoms with Crippen LogP contribution >= 0.6 is 0 Å². The zero-order chi connectivity index (χ0) is 10.2. The molecule has 0 amide bonds. The van der Waals surface area contributed by atoms with E-state index in [9.17, 15) is 0 Å². The molecule has 0 saturated heterocycles. The summed E-state index contributed by atoms with van der Waals surface area (Å²) >= 11 is 0. The van der Waals surface area contributed by atoms with Gasteiger partial charge in [0.05, 0.1) is 0 Å². The van der Waals surface area contributed by atoms with Crippen LogP contribution in [0.1, 0.15) is 58.8 Å². The van der Waals surface area contributed by atoms with Crippen LogP contribution < -0.4 is 5.73 Å². The van der Waals surface area contributed by atoms with Gasteiger partial charge in [-0.3, -0.25) is 0 Å². The summed E-state index contributed by atoms with van der Waals surface area (Å²) in [5, 5.41) is 0. The Bertz CT molecular complexity index is 189. The van der Waals surface area contributed by atoms with Crippen molar-refractivity contribution in [2.75, 3.05) is 0 Å². The normalized spacial score (nSPS) is 37.9. The van der Waals surface area contributed by atoms with E-state index in [2.05, 4.69) is 13.8 Å². The van der Waals surface area contributed by atoms with Crippen molar-refractivity contribution in [3.63, 3.8) is 0 Å². The zero-order valence-electron chi connectivity index (χ0n) is 9.76. The minimum atomic E-state index is 0.451. The van der Waals surface area contributed by atoms with Crippen LogP contribution in [-0.2, 0) is 0 Å². The molecule has 2 N–H and O–H groups in total. The predicted molar refractivity (Wildman–Crippen MR) is 61.1 cm³/mol. The van der Waals surface area contributed by atoms with Crippen LogP contribution in [0.3, 0.4) is 0 Å². The van der Waals surface area contributed by atoms with Crippen LogP contribution in [0.4, 0.5) is 0 Å². The second-order valence-electron chi connectivity index (χ2n) is 6.05. The summed E-state index contributed by atoms with van der Waals surface area (Å²) in [4.78, 5) is 0. The maximum atomic E-state index is 6.10. The monoisotopic (exact) mass is 195 g/mol. The van der Waals surface area contributed by atoms with Gasteiger partial charge >= 0.3 is 0 Å². The summed E-state index contributed by atoms with van der Waals surface area (Å²) in [5.41, 5.74) is 6.55. The van der Waals surface area contributed by atoms with Gasteiger partial charge in [-0.15, -0.1) is 0 Å². The maximum absolute atomic E-state index is 6.10. The highest BCUT2D eigenvalue weighted by molar-refractivity contribution is 5.09. The van der Waals surface area contributed by atoms with Crippen molar-refractivity contribution in [1.82, 2.24) is 0 Å². The van der Waals surface area contributed by atoms with Crippen molar-refractivity contribution in [2.24, 2.45) is 23.0 Å². The smallest absolute Gasteiger partial charge is 0.0128 e. The fraction of sp³-hybridized carbons (Fsp3) is 1.00. The second-order valence-corrected chi connectivity index (χ2v) is 6.05. The van der Waals surface area contributed by atoms with Crippen molar-refractivity contribution < 1.29 is 0 Å². The lowest BCUT2D eigenvalue weighted by Gasteiger charge is -2.14. The van der Waals surface area contributed by atoms with Gasteiger partial charge in [0, 0.05) is 6.04 Å². The molecule has 2 fully saturated rings. The minimum Gasteiger partial charge on any atom is -0.327 e. The Hall–Kier alpha value is -0.0400. The van der Waals surface area contributed by atoms with Gasteiger partial charge in [-0.2, -0.15) is 0 Å². The Morgan fingerprint density at radius 1 is 1.07 bits per heavy atom. The molecule has 2 aliphatic carbocycles. The average molecular weight is 195 g/mol. The van der Waals surface area contributed by atoms with Crippen LogP contribution in [0, 0.1) is 17.3 Å². The highest BCUT2D eigenvalue weighted by Gasteiger charge is 2.55. The standard InChI is InChI=1S/C13H25N/c1-13(2)11(12(13)14)9-10-7-5-3-4-6-8-10/h10-12H,3-9,14H2,1-2H3. The first-order valence-electron chi connectivity index (χ1n) is 6.38. The van der Waals surface area contributed by atoms with Crippen molar-refractivity contribution in [1.29, 1.82) is 0 Å². The van der Waals surface area contributed by atoms with Gasteiger partial charge in [-0.25, -0.2) is 0 Å². The molecule has 82 valence electrons. The van der Waals surface area contributed by atoms with E-state index in [1.165, 1.54) is 44.9 Å². The van der Waals surface area contributed by atoms with Crippen molar-refractivity contribution in [2.45, 2.75) is 64.8 Å². The fourth-order valence-corrected chi connectivity index (χ4v) is 3.20. The molecular weight excluding hydrogens is 170 g/mol. The molecule has 1 nitrogen and oxygen atoms in total. The molecule has 2 aliphatic rings. The van der Waals surface area contributed by atoms with Gasteiger partial charge in [0.1, 0.15) is 0 Å². The SMILES string of the molecule is CC1(C)C(N)C1CC1CCCCCC1. The van der Waals surface area contributed by atoms with Crippen LogP contribution in [0.2, 0.25) is 0 Å². The molecule has 0 aromatic carbocycles. The summed E-state index contributed by atoms with van der Waals surface area (Å²) in [6.07, 6.45) is 10.2. The largest absolute Gasteiger partial charge is 0.327 e. The maximum Gasteiger partial charge on any atom is 0.0128 e. The topological polar surface area (TPSA) is 26.0 Å². The van der Waals surface area contributed by atoms with E-state index >= 15 is 0 Å². The van der Waals surface area contributed by atoms with Crippen LogP contribution in [0.5, 0.6) is 0 Å². The Kier molecular flexibility index (Phi) is 2.88. The zero-order valence-corrected chi connectivity index (χ0v) is 9.76. The molecule has 2 saturated carbocycles. The van der Waals surface area contributed by atoms with Gasteiger partial charge in [0.2, 0.25) is 0 Å². The fourth-order valence-electron chi connectivity index (χ4n) is 3.20. The molecule has 0 aromatic rings. The molecule has 1 heteroatoms. The van der Waals surface area contributed by atoms with Gasteiger partial charge in [-0.1, -0.05) is 52.4 Å². The molecule has 0 radical (unpaired) electrons. The van der Waals surface area contributed by atoms with E-state index in [1.54, 1.807) is 0 Å². The van der Waals surface area contributed by atoms with Crippen LogP contribution in [-0.4, -0.2) is 6.04 Å². The lowest BCUT2D eigenvalue weighted by molar-refractivity contribution is 0.375. The van der Waals surface area contributed by atoms with Gasteiger partial charge in [0.25, 0.3) is 0 Å². The molecule has 0 aliphatic heterocycles. The van der Waals surface area contributed by atoms with Crippen molar-refractivity contribution >= 4 is 0 Å². The van der Waals surface area contributed by atoms with Crippen molar-refractivity contribution in [3.05, 3.63) is 0 Å². The van der Waals surface area contributed by atoms with E-state index in [1.807, 2.05) is 0 Å². The minimum absolute atomic E-state index is 0.451. The Morgan fingerprint density at radius 2 is 1.57 bits per heavy atom. The third-order valence-corrected chi connectivity index (χ3v) is 4.70. The molecule has 0 bridgehead atoms. The molecule has 0 spiro atoms. The molecule has 14 heavy (non-hydrogen) atoms. The molecule has 0 aromatic heterocycles. The summed E-state index contributed by atoms with van der Waals surface area (Å²) in [6, 6.07) is 0.491. The molecule has 2 unspecified atom stereocenters. The predicted octanol–water partition coefficient (Wildman–Crippen LogP) is 3.33. The van der Waals surface area contributed by atoms with Crippen LogP contribution in [0.25, 0.3) is 0 Å². The first-order chi connectivity index (χ1) is 6.62. The number of nitrogens with two attached hydrogens (primary N) is 1. The third-order valence-electron chi connectivity index (χ3n) is 4.70. The first-order valence-corrected chi connectivity index (χ1v) is 6.38. The van der Waals surface area contributed by atoms with Crippen molar-refractivity contribution in [3.8, 4) is 0 Å². The molecule has 2 rings (SSSR count).